The molecule has 0 unspecified atom stereocenters. The summed E-state index contributed by atoms with van der Waals surface area (Å²) < 4.78 is 1.48. The number of aliphatic carboxylic acids is 1. The van der Waals surface area contributed by atoms with Crippen molar-refractivity contribution < 1.29 is 9.90 Å². The molecule has 94 valence electrons. The fourth-order valence-corrected chi connectivity index (χ4v) is 1.73. The minimum Gasteiger partial charge on any atom is -0.481 e. The second-order valence-corrected chi connectivity index (χ2v) is 3.92. The van der Waals surface area contributed by atoms with E-state index in [0.717, 1.165) is 11.1 Å². The topological polar surface area (TPSA) is 93.3 Å². The fraction of sp³-hybridized carbons (Fsp3) is 0.0833. The Kier molecular flexibility index (Phi) is 2.64. The summed E-state index contributed by atoms with van der Waals surface area (Å²) in [6.07, 6.45) is 6.60. The highest BCUT2D eigenvalue weighted by Crippen LogP contribution is 2.16. The van der Waals surface area contributed by atoms with Gasteiger partial charge in [-0.1, -0.05) is 0 Å². The van der Waals surface area contributed by atoms with Gasteiger partial charge in [0.25, 0.3) is 5.78 Å². The van der Waals surface area contributed by atoms with Crippen molar-refractivity contribution in [1.29, 1.82) is 0 Å². The van der Waals surface area contributed by atoms with Crippen LogP contribution in [0.5, 0.6) is 0 Å². The van der Waals surface area contributed by atoms with Gasteiger partial charge in [-0.15, -0.1) is 5.10 Å². The molecule has 7 nitrogen and oxygen atoms in total. The van der Waals surface area contributed by atoms with Crippen molar-refractivity contribution in [3.63, 3.8) is 0 Å². The van der Waals surface area contributed by atoms with Crippen LogP contribution in [0.2, 0.25) is 0 Å². The van der Waals surface area contributed by atoms with Crippen LogP contribution in [0.15, 0.2) is 36.9 Å². The summed E-state index contributed by atoms with van der Waals surface area (Å²) in [5.41, 5.74) is 1.82. The second-order valence-electron chi connectivity index (χ2n) is 3.92. The van der Waals surface area contributed by atoms with Gasteiger partial charge in [-0.2, -0.15) is 4.98 Å². The van der Waals surface area contributed by atoms with E-state index in [2.05, 4.69) is 20.1 Å². The van der Waals surface area contributed by atoms with Crippen LogP contribution in [-0.2, 0) is 11.2 Å². The molecule has 0 saturated carbocycles. The highest BCUT2D eigenvalue weighted by Gasteiger charge is 2.09. The fourth-order valence-electron chi connectivity index (χ4n) is 1.73. The summed E-state index contributed by atoms with van der Waals surface area (Å²) >= 11 is 0. The van der Waals surface area contributed by atoms with Crippen LogP contribution in [0, 0.1) is 0 Å². The van der Waals surface area contributed by atoms with Gasteiger partial charge in [0.05, 0.1) is 0 Å². The summed E-state index contributed by atoms with van der Waals surface area (Å²) in [5.74, 6) is -0.341. The normalized spacial score (nSPS) is 10.7. The molecule has 3 aromatic heterocycles. The predicted octanol–water partition coefficient (Wildman–Crippen LogP) is 0.813. The van der Waals surface area contributed by atoms with Crippen LogP contribution in [0.3, 0.4) is 0 Å². The number of pyridine rings is 1. The summed E-state index contributed by atoms with van der Waals surface area (Å²) in [6, 6.07) is 3.72. The van der Waals surface area contributed by atoms with Crippen molar-refractivity contribution in [2.24, 2.45) is 0 Å². The van der Waals surface area contributed by atoms with Gasteiger partial charge in [0.1, 0.15) is 6.42 Å². The first-order valence-electron chi connectivity index (χ1n) is 5.56. The van der Waals surface area contributed by atoms with E-state index in [0.29, 0.717) is 5.78 Å². The van der Waals surface area contributed by atoms with Gasteiger partial charge in [-0.25, -0.2) is 9.50 Å². The molecule has 3 aromatic rings. The molecule has 3 rings (SSSR count). The lowest BCUT2D eigenvalue weighted by atomic mass is 10.1. The van der Waals surface area contributed by atoms with E-state index < -0.39 is 5.97 Å². The zero-order valence-corrected chi connectivity index (χ0v) is 9.76. The molecular weight excluding hydrogens is 246 g/mol. The number of carboxylic acid groups (broad SMARTS) is 1. The molecule has 0 aliphatic rings. The number of nitrogens with zero attached hydrogens (tertiary/aromatic N) is 5. The third-order valence-electron chi connectivity index (χ3n) is 2.56. The molecule has 0 aliphatic carbocycles. The Bertz CT molecular complexity index is 738. The first-order chi connectivity index (χ1) is 9.22. The monoisotopic (exact) mass is 255 g/mol. The molecule has 0 saturated heterocycles. The molecule has 19 heavy (non-hydrogen) atoms. The van der Waals surface area contributed by atoms with Crippen molar-refractivity contribution in [2.45, 2.75) is 6.42 Å². The van der Waals surface area contributed by atoms with Crippen molar-refractivity contribution in [3.8, 4) is 11.1 Å². The second kappa shape index (κ2) is 4.45. The third-order valence-corrected chi connectivity index (χ3v) is 2.56. The van der Waals surface area contributed by atoms with E-state index >= 15 is 0 Å². The number of aromatic nitrogens is 5. The quantitative estimate of drug-likeness (QED) is 0.744. The molecule has 7 heteroatoms. The minimum absolute atomic E-state index is 0.214. The zero-order valence-electron chi connectivity index (χ0n) is 9.76. The van der Waals surface area contributed by atoms with Crippen LogP contribution in [-0.4, -0.2) is 35.6 Å². The van der Waals surface area contributed by atoms with Crippen LogP contribution in [0.25, 0.3) is 16.9 Å². The van der Waals surface area contributed by atoms with Crippen LogP contribution in [0.4, 0.5) is 0 Å². The summed E-state index contributed by atoms with van der Waals surface area (Å²) in [7, 11) is 0. The van der Waals surface area contributed by atoms with Crippen molar-refractivity contribution in [3.05, 3.63) is 42.7 Å². The standard InChI is InChI=1S/C12H9N5O2/c18-11(19)5-10-15-12-14-6-9(7-17(12)16-10)8-1-3-13-4-2-8/h1-4,6-7H,5H2,(H,18,19). The average molecular weight is 255 g/mol. The van der Waals surface area contributed by atoms with E-state index in [9.17, 15) is 4.79 Å². The summed E-state index contributed by atoms with van der Waals surface area (Å²) in [5, 5.41) is 12.8. The first-order valence-corrected chi connectivity index (χ1v) is 5.56. The number of carboxylic acids is 1. The van der Waals surface area contributed by atoms with Gasteiger partial charge in [-0.3, -0.25) is 9.78 Å². The summed E-state index contributed by atoms with van der Waals surface area (Å²) in [4.78, 5) is 22.8. The van der Waals surface area contributed by atoms with Gasteiger partial charge in [0, 0.05) is 30.4 Å². The van der Waals surface area contributed by atoms with Gasteiger partial charge in [0.15, 0.2) is 5.82 Å². The first kappa shape index (κ1) is 11.3. The molecule has 1 N–H and O–H groups in total. The molecule has 0 amide bonds. The van der Waals surface area contributed by atoms with E-state index in [4.69, 9.17) is 5.11 Å². The predicted molar refractivity (Wildman–Crippen MR) is 65.4 cm³/mol. The molecule has 0 bridgehead atoms. The van der Waals surface area contributed by atoms with Crippen molar-refractivity contribution in [1.82, 2.24) is 24.6 Å². The van der Waals surface area contributed by atoms with Gasteiger partial charge in [0.2, 0.25) is 0 Å². The third kappa shape index (κ3) is 2.25. The Morgan fingerprint density at radius 2 is 2.05 bits per heavy atom. The highest BCUT2D eigenvalue weighted by atomic mass is 16.4. The zero-order chi connectivity index (χ0) is 13.2. The number of rotatable bonds is 3. The number of carbonyl (C=O) groups is 1. The SMILES string of the molecule is O=C(O)Cc1nc2ncc(-c3ccncc3)cn2n1. The molecule has 0 spiro atoms. The lowest BCUT2D eigenvalue weighted by molar-refractivity contribution is -0.136. The van der Waals surface area contributed by atoms with E-state index in [1.807, 2.05) is 12.1 Å². The van der Waals surface area contributed by atoms with Gasteiger partial charge < -0.3 is 5.11 Å². The maximum absolute atomic E-state index is 10.6. The van der Waals surface area contributed by atoms with Crippen molar-refractivity contribution >= 4 is 11.7 Å². The maximum atomic E-state index is 10.6. The van der Waals surface area contributed by atoms with E-state index in [1.54, 1.807) is 24.8 Å². The number of fused-ring (bicyclic) bond motifs is 1. The molecule has 0 aliphatic heterocycles. The largest absolute Gasteiger partial charge is 0.481 e. The van der Waals surface area contributed by atoms with Gasteiger partial charge in [-0.05, 0) is 17.7 Å². The molecule has 0 aromatic carbocycles. The van der Waals surface area contributed by atoms with Crippen LogP contribution >= 0.6 is 0 Å². The highest BCUT2D eigenvalue weighted by molar-refractivity contribution is 5.69. The number of hydrogen-bond acceptors (Lipinski definition) is 5. The molecule has 0 fully saturated rings. The Labute approximate surface area is 107 Å². The van der Waals surface area contributed by atoms with E-state index in [-0.39, 0.29) is 12.2 Å². The molecule has 3 heterocycles. The Morgan fingerprint density at radius 3 is 2.79 bits per heavy atom. The molecule has 0 atom stereocenters. The van der Waals surface area contributed by atoms with E-state index in [1.165, 1.54) is 4.52 Å². The van der Waals surface area contributed by atoms with Gasteiger partial charge >= 0.3 is 5.97 Å². The Hall–Kier alpha value is -2.83. The molecular formula is C12H9N5O2. The maximum Gasteiger partial charge on any atom is 0.311 e. The smallest absolute Gasteiger partial charge is 0.311 e. The lowest BCUT2D eigenvalue weighted by Gasteiger charge is -1.99. The lowest BCUT2D eigenvalue weighted by Crippen LogP contribution is -2.01. The van der Waals surface area contributed by atoms with Crippen LogP contribution in [0.1, 0.15) is 5.82 Å². The average Bonchev–Trinajstić information content (AvgIpc) is 2.79. The summed E-state index contributed by atoms with van der Waals surface area (Å²) in [6.45, 7) is 0. The minimum atomic E-state index is -0.967. The number of hydrogen-bond donors (Lipinski definition) is 1. The van der Waals surface area contributed by atoms with Crippen molar-refractivity contribution in [2.75, 3.05) is 0 Å². The Morgan fingerprint density at radius 1 is 1.26 bits per heavy atom. The molecule has 0 radical (unpaired) electrons. The Balaban J connectivity index is 2.03. The van der Waals surface area contributed by atoms with Crippen LogP contribution < -0.4 is 0 Å².